The van der Waals surface area contributed by atoms with Gasteiger partial charge in [-0.1, -0.05) is 12.1 Å². The summed E-state index contributed by atoms with van der Waals surface area (Å²) in [7, 11) is 0. The van der Waals surface area contributed by atoms with Crippen molar-refractivity contribution in [2.45, 2.75) is 44.7 Å². The molecule has 5 rings (SSSR count). The lowest BCUT2D eigenvalue weighted by atomic mass is 10.0. The summed E-state index contributed by atoms with van der Waals surface area (Å²) < 4.78 is 15.5. The predicted molar refractivity (Wildman–Crippen MR) is 117 cm³/mol. The van der Waals surface area contributed by atoms with Crippen LogP contribution in [0, 0.1) is 0 Å². The zero-order chi connectivity index (χ0) is 22.8. The van der Waals surface area contributed by atoms with Crippen LogP contribution in [0.5, 0.6) is 0 Å². The summed E-state index contributed by atoms with van der Waals surface area (Å²) in [6, 6.07) is 8.21. The van der Waals surface area contributed by atoms with Gasteiger partial charge in [0.05, 0.1) is 12.8 Å². The minimum absolute atomic E-state index is 0.0578. The molecule has 0 spiro atoms. The normalized spacial score (nSPS) is 16.6. The highest BCUT2D eigenvalue weighted by atomic mass is 16.5. The van der Waals surface area contributed by atoms with E-state index in [0.717, 1.165) is 31.2 Å². The van der Waals surface area contributed by atoms with Crippen LogP contribution in [0.2, 0.25) is 0 Å². The Kier molecular flexibility index (Phi) is 5.80. The molecule has 172 valence electrons. The Bertz CT molecular complexity index is 1100. The number of hydrogen-bond donors (Lipinski definition) is 0. The number of oxazole rings is 1. The molecule has 2 aromatic heterocycles. The van der Waals surface area contributed by atoms with E-state index in [1.165, 1.54) is 6.39 Å². The third kappa shape index (κ3) is 4.46. The van der Waals surface area contributed by atoms with Gasteiger partial charge in [0.1, 0.15) is 0 Å². The average molecular weight is 451 g/mol. The molecule has 3 heterocycles. The van der Waals surface area contributed by atoms with Crippen molar-refractivity contribution >= 4 is 17.9 Å². The first-order valence-corrected chi connectivity index (χ1v) is 11.2. The highest BCUT2D eigenvalue weighted by Gasteiger charge is 2.39. The summed E-state index contributed by atoms with van der Waals surface area (Å²) in [4.78, 5) is 37.3. The molecule has 0 atom stereocenters. The molecule has 2 aliphatic rings. The Morgan fingerprint density at radius 2 is 1.85 bits per heavy atom. The number of aromatic nitrogens is 3. The monoisotopic (exact) mass is 451 g/mol. The van der Waals surface area contributed by atoms with Gasteiger partial charge in [0.15, 0.2) is 12.2 Å². The maximum atomic E-state index is 13.4. The van der Waals surface area contributed by atoms with Gasteiger partial charge in [0.2, 0.25) is 0 Å². The van der Waals surface area contributed by atoms with Crippen molar-refractivity contribution in [3.8, 4) is 11.3 Å². The fraction of sp³-hybridized carbons (Fsp3) is 0.435. The van der Waals surface area contributed by atoms with Crippen LogP contribution in [-0.4, -0.2) is 63.7 Å². The van der Waals surface area contributed by atoms with Gasteiger partial charge in [-0.3, -0.25) is 4.79 Å². The zero-order valence-corrected chi connectivity index (χ0v) is 18.3. The van der Waals surface area contributed by atoms with Crippen molar-refractivity contribution in [2.24, 2.45) is 0 Å². The molecule has 1 amide bonds. The number of benzene rings is 1. The number of ether oxygens (including phenoxy) is 1. The molecule has 33 heavy (non-hydrogen) atoms. The SMILES string of the molecule is CCOC(=O)c1noc(N2CCC(N(C(=O)c3ccc(-c4cnco4)cc3)C3CC3)CC2)n1. The van der Waals surface area contributed by atoms with Crippen LogP contribution >= 0.6 is 0 Å². The second-order valence-corrected chi connectivity index (χ2v) is 8.23. The van der Waals surface area contributed by atoms with Gasteiger partial charge in [0.25, 0.3) is 11.7 Å². The fourth-order valence-corrected chi connectivity index (χ4v) is 4.22. The lowest BCUT2D eigenvalue weighted by Crippen LogP contribution is -2.48. The van der Waals surface area contributed by atoms with E-state index >= 15 is 0 Å². The summed E-state index contributed by atoms with van der Waals surface area (Å²) in [6.07, 6.45) is 6.69. The van der Waals surface area contributed by atoms with Gasteiger partial charge in [-0.2, -0.15) is 4.98 Å². The lowest BCUT2D eigenvalue weighted by molar-refractivity contribution is 0.0508. The molecule has 2 fully saturated rings. The second kappa shape index (κ2) is 9.05. The van der Waals surface area contributed by atoms with Crippen LogP contribution in [0.4, 0.5) is 6.01 Å². The molecule has 3 aromatic rings. The summed E-state index contributed by atoms with van der Waals surface area (Å²) >= 11 is 0. The van der Waals surface area contributed by atoms with Crippen LogP contribution in [-0.2, 0) is 4.74 Å². The van der Waals surface area contributed by atoms with Crippen molar-refractivity contribution in [1.82, 2.24) is 20.0 Å². The Balaban J connectivity index is 1.24. The highest BCUT2D eigenvalue weighted by Crippen LogP contribution is 2.34. The van der Waals surface area contributed by atoms with E-state index in [-0.39, 0.29) is 24.4 Å². The topological polar surface area (TPSA) is 115 Å². The first-order valence-electron chi connectivity index (χ1n) is 11.2. The van der Waals surface area contributed by atoms with Gasteiger partial charge in [-0.05, 0) is 49.9 Å². The molecule has 0 bridgehead atoms. The molecule has 1 saturated carbocycles. The van der Waals surface area contributed by atoms with Crippen LogP contribution in [0.1, 0.15) is 53.6 Å². The van der Waals surface area contributed by atoms with Crippen molar-refractivity contribution in [2.75, 3.05) is 24.6 Å². The number of esters is 1. The van der Waals surface area contributed by atoms with E-state index in [0.29, 0.717) is 36.5 Å². The predicted octanol–water partition coefficient (Wildman–Crippen LogP) is 3.17. The standard InChI is InChI=1S/C23H25N5O5/c1-2-31-22(30)20-25-23(33-26-20)27-11-9-18(10-12-27)28(17-7-8-17)21(29)16-5-3-15(4-6-16)19-13-24-14-32-19/h3-6,13-14,17-18H,2,7-12H2,1H3. The van der Waals surface area contributed by atoms with Gasteiger partial charge in [-0.25, -0.2) is 9.78 Å². The summed E-state index contributed by atoms with van der Waals surface area (Å²) in [6.45, 7) is 3.30. The van der Waals surface area contributed by atoms with E-state index in [1.807, 2.05) is 29.2 Å². The number of carbonyl (C=O) groups excluding carboxylic acids is 2. The fourth-order valence-electron chi connectivity index (χ4n) is 4.22. The summed E-state index contributed by atoms with van der Waals surface area (Å²) in [5.41, 5.74) is 1.56. The molecule has 10 heteroatoms. The zero-order valence-electron chi connectivity index (χ0n) is 18.3. The third-order valence-electron chi connectivity index (χ3n) is 6.03. The molecule has 0 unspecified atom stereocenters. The number of rotatable bonds is 7. The molecular formula is C23H25N5O5. The summed E-state index contributed by atoms with van der Waals surface area (Å²) in [5.74, 6) is 0.0646. The van der Waals surface area contributed by atoms with Crippen molar-refractivity contribution in [3.05, 3.63) is 48.2 Å². The Labute approximate surface area is 190 Å². The minimum Gasteiger partial charge on any atom is -0.460 e. The quantitative estimate of drug-likeness (QED) is 0.500. The Hall–Kier alpha value is -3.69. The van der Waals surface area contributed by atoms with Gasteiger partial charge in [-0.15, -0.1) is 0 Å². The van der Waals surface area contributed by atoms with Crippen LogP contribution in [0.25, 0.3) is 11.3 Å². The maximum absolute atomic E-state index is 13.4. The highest BCUT2D eigenvalue weighted by molar-refractivity contribution is 5.95. The van der Waals surface area contributed by atoms with E-state index < -0.39 is 5.97 Å². The van der Waals surface area contributed by atoms with E-state index in [1.54, 1.807) is 13.1 Å². The third-order valence-corrected chi connectivity index (χ3v) is 6.03. The van der Waals surface area contributed by atoms with Crippen molar-refractivity contribution < 1.29 is 23.3 Å². The maximum Gasteiger partial charge on any atom is 0.380 e. The van der Waals surface area contributed by atoms with E-state index in [4.69, 9.17) is 13.7 Å². The molecular weight excluding hydrogens is 426 g/mol. The Morgan fingerprint density at radius 1 is 1.12 bits per heavy atom. The number of amides is 1. The molecule has 1 saturated heterocycles. The number of nitrogens with zero attached hydrogens (tertiary/aromatic N) is 5. The van der Waals surface area contributed by atoms with Crippen molar-refractivity contribution in [3.63, 3.8) is 0 Å². The van der Waals surface area contributed by atoms with Gasteiger partial charge >= 0.3 is 12.0 Å². The van der Waals surface area contributed by atoms with Crippen LogP contribution < -0.4 is 4.90 Å². The molecule has 1 aliphatic heterocycles. The van der Waals surface area contributed by atoms with E-state index in [2.05, 4.69) is 20.0 Å². The minimum atomic E-state index is -0.595. The molecule has 0 radical (unpaired) electrons. The Morgan fingerprint density at radius 3 is 2.48 bits per heavy atom. The molecule has 1 aromatic carbocycles. The van der Waals surface area contributed by atoms with E-state index in [9.17, 15) is 9.59 Å². The van der Waals surface area contributed by atoms with Gasteiger partial charge < -0.3 is 23.5 Å². The largest absolute Gasteiger partial charge is 0.460 e. The lowest BCUT2D eigenvalue weighted by Gasteiger charge is -2.38. The van der Waals surface area contributed by atoms with Crippen molar-refractivity contribution in [1.29, 1.82) is 0 Å². The first-order chi connectivity index (χ1) is 16.1. The molecule has 1 aliphatic carbocycles. The second-order valence-electron chi connectivity index (χ2n) is 8.23. The van der Waals surface area contributed by atoms with Gasteiger partial charge in [0, 0.05) is 36.3 Å². The smallest absolute Gasteiger partial charge is 0.380 e. The molecule has 0 N–H and O–H groups in total. The van der Waals surface area contributed by atoms with Crippen LogP contribution in [0.3, 0.4) is 0 Å². The van der Waals surface area contributed by atoms with Crippen LogP contribution in [0.15, 0.2) is 45.8 Å². The average Bonchev–Trinajstić information content (AvgIpc) is 3.31. The molecule has 10 nitrogen and oxygen atoms in total. The number of piperidine rings is 1. The number of anilines is 1. The number of hydrogen-bond acceptors (Lipinski definition) is 9. The number of carbonyl (C=O) groups is 2. The first kappa shape index (κ1) is 21.2. The summed E-state index contributed by atoms with van der Waals surface area (Å²) in [5, 5.41) is 3.72.